The van der Waals surface area contributed by atoms with Gasteiger partial charge in [-0.05, 0) is 38.7 Å². The molecule has 1 aromatic heterocycles. The molecule has 7 heteroatoms. The topological polar surface area (TPSA) is 46.9 Å². The lowest BCUT2D eigenvalue weighted by atomic mass is 9.83. The summed E-state index contributed by atoms with van der Waals surface area (Å²) < 4.78 is 13.9. The van der Waals surface area contributed by atoms with Gasteiger partial charge in [-0.15, -0.1) is 12.4 Å². The number of aromatic nitrogens is 1. The first-order valence-electron chi connectivity index (χ1n) is 12.4. The van der Waals surface area contributed by atoms with Crippen LogP contribution in [-0.2, 0) is 4.74 Å². The Morgan fingerprint density at radius 1 is 1.12 bits per heavy atom. The second-order valence-corrected chi connectivity index (χ2v) is 10.0. The minimum atomic E-state index is 0. The van der Waals surface area contributed by atoms with Crippen molar-refractivity contribution in [2.45, 2.75) is 64.1 Å². The molecule has 3 atom stereocenters. The van der Waals surface area contributed by atoms with Crippen molar-refractivity contribution in [2.75, 3.05) is 40.0 Å². The number of ether oxygens (including phenoxy) is 2. The van der Waals surface area contributed by atoms with Crippen LogP contribution in [0.2, 0.25) is 0 Å². The number of rotatable bonds is 5. The molecule has 0 spiro atoms. The minimum absolute atomic E-state index is 0. The predicted octanol–water partition coefficient (Wildman–Crippen LogP) is 4.76. The molecule has 1 saturated carbocycles. The van der Waals surface area contributed by atoms with E-state index in [9.17, 15) is 4.79 Å². The van der Waals surface area contributed by atoms with Crippen molar-refractivity contribution in [3.63, 3.8) is 0 Å². The van der Waals surface area contributed by atoms with Gasteiger partial charge in [0.15, 0.2) is 0 Å². The molecule has 0 N–H and O–H groups in total. The van der Waals surface area contributed by atoms with Crippen molar-refractivity contribution < 1.29 is 14.3 Å². The SMILES string of the molecule is COCCN1C(C)CN(C(=O)c2cn3c4c(cccc24)OC[C@H]3C2CCCCC2)CC1C.Cl. The van der Waals surface area contributed by atoms with E-state index in [1.165, 1.54) is 32.1 Å². The van der Waals surface area contributed by atoms with Gasteiger partial charge in [0.1, 0.15) is 12.4 Å². The van der Waals surface area contributed by atoms with E-state index in [4.69, 9.17) is 9.47 Å². The Morgan fingerprint density at radius 3 is 2.55 bits per heavy atom. The maximum absolute atomic E-state index is 13.8. The van der Waals surface area contributed by atoms with E-state index in [1.807, 2.05) is 12.1 Å². The second kappa shape index (κ2) is 10.2. The summed E-state index contributed by atoms with van der Waals surface area (Å²) >= 11 is 0. The molecular formula is C26H38ClN3O3. The highest BCUT2D eigenvalue weighted by molar-refractivity contribution is 6.08. The number of carbonyl (C=O) groups excluding carboxylic acids is 1. The van der Waals surface area contributed by atoms with Gasteiger partial charge in [-0.2, -0.15) is 0 Å². The van der Waals surface area contributed by atoms with Crippen LogP contribution in [0, 0.1) is 5.92 Å². The molecular weight excluding hydrogens is 438 g/mol. The molecule has 2 aliphatic heterocycles. The van der Waals surface area contributed by atoms with Crippen LogP contribution in [0.1, 0.15) is 62.4 Å². The Bertz CT molecular complexity index is 959. The quantitative estimate of drug-likeness (QED) is 0.625. The van der Waals surface area contributed by atoms with Crippen LogP contribution in [0.25, 0.3) is 10.9 Å². The molecule has 1 amide bonds. The first kappa shape index (κ1) is 24.4. The Kier molecular flexibility index (Phi) is 7.56. The van der Waals surface area contributed by atoms with Crippen LogP contribution in [0.5, 0.6) is 5.75 Å². The molecule has 6 nitrogen and oxygen atoms in total. The summed E-state index contributed by atoms with van der Waals surface area (Å²) in [5.74, 6) is 1.71. The largest absolute Gasteiger partial charge is 0.489 e. The van der Waals surface area contributed by atoms with Crippen LogP contribution >= 0.6 is 12.4 Å². The normalized spacial score (nSPS) is 26.2. The molecule has 1 aromatic carbocycles. The van der Waals surface area contributed by atoms with Gasteiger partial charge in [0.05, 0.1) is 23.7 Å². The molecule has 3 aliphatic rings. The van der Waals surface area contributed by atoms with Crippen molar-refractivity contribution in [1.29, 1.82) is 0 Å². The number of halogens is 1. The summed E-state index contributed by atoms with van der Waals surface area (Å²) in [4.78, 5) is 18.3. The van der Waals surface area contributed by atoms with Gasteiger partial charge in [-0.3, -0.25) is 9.69 Å². The predicted molar refractivity (Wildman–Crippen MR) is 134 cm³/mol. The van der Waals surface area contributed by atoms with Gasteiger partial charge in [0.25, 0.3) is 5.91 Å². The first-order valence-corrected chi connectivity index (χ1v) is 12.4. The Hall–Kier alpha value is -1.76. The van der Waals surface area contributed by atoms with Gasteiger partial charge in [0, 0.05) is 50.4 Å². The van der Waals surface area contributed by atoms with E-state index in [2.05, 4.69) is 40.5 Å². The maximum Gasteiger partial charge on any atom is 0.256 e. The molecule has 0 radical (unpaired) electrons. The summed E-state index contributed by atoms with van der Waals surface area (Å²) in [6.07, 6.45) is 8.63. The summed E-state index contributed by atoms with van der Waals surface area (Å²) in [5.41, 5.74) is 1.94. The summed E-state index contributed by atoms with van der Waals surface area (Å²) in [7, 11) is 1.75. The minimum Gasteiger partial charge on any atom is -0.489 e. The lowest BCUT2D eigenvalue weighted by molar-refractivity contribution is 0.0194. The van der Waals surface area contributed by atoms with Gasteiger partial charge in [0.2, 0.25) is 0 Å². The van der Waals surface area contributed by atoms with Crippen molar-refractivity contribution in [3.05, 3.63) is 30.0 Å². The molecule has 0 bridgehead atoms. The average Bonchev–Trinajstić information content (AvgIpc) is 3.20. The van der Waals surface area contributed by atoms with E-state index in [-0.39, 0.29) is 18.3 Å². The van der Waals surface area contributed by atoms with E-state index in [0.717, 1.165) is 48.5 Å². The molecule has 2 aromatic rings. The van der Waals surface area contributed by atoms with Crippen LogP contribution in [0.15, 0.2) is 24.4 Å². The standard InChI is InChI=1S/C26H37N3O3.ClH/c1-18-14-27(15-19(2)28(18)12-13-31-3)26(30)22-16-29-23(20-8-5-4-6-9-20)17-32-24-11-7-10-21(22)25(24)29;/h7,10-11,16,18-20,23H,4-6,8-9,12-15,17H2,1-3H3;1H/t18?,19?,23-;/m0./s1. The Morgan fingerprint density at radius 2 is 1.85 bits per heavy atom. The lowest BCUT2D eigenvalue weighted by Gasteiger charge is -2.44. The third kappa shape index (κ3) is 4.50. The average molecular weight is 476 g/mol. The summed E-state index contributed by atoms with van der Waals surface area (Å²) in [5, 5.41) is 1.04. The molecule has 5 rings (SSSR count). The van der Waals surface area contributed by atoms with Crippen LogP contribution in [-0.4, -0.2) is 72.3 Å². The molecule has 1 aliphatic carbocycles. The Balaban J connectivity index is 0.00000259. The van der Waals surface area contributed by atoms with Gasteiger partial charge >= 0.3 is 0 Å². The lowest BCUT2D eigenvalue weighted by Crippen LogP contribution is -2.58. The third-order valence-electron chi connectivity index (χ3n) is 7.95. The number of methoxy groups -OCH3 is 1. The number of hydrogen-bond donors (Lipinski definition) is 0. The number of hydrogen-bond acceptors (Lipinski definition) is 4. The monoisotopic (exact) mass is 475 g/mol. The summed E-state index contributed by atoms with van der Waals surface area (Å²) in [6, 6.07) is 7.12. The van der Waals surface area contributed by atoms with Crippen LogP contribution in [0.3, 0.4) is 0 Å². The second-order valence-electron chi connectivity index (χ2n) is 10.0. The van der Waals surface area contributed by atoms with E-state index >= 15 is 0 Å². The van der Waals surface area contributed by atoms with Crippen molar-refractivity contribution in [1.82, 2.24) is 14.4 Å². The number of piperazine rings is 1. The van der Waals surface area contributed by atoms with Crippen LogP contribution in [0.4, 0.5) is 0 Å². The maximum atomic E-state index is 13.8. The van der Waals surface area contributed by atoms with Crippen molar-refractivity contribution >= 4 is 29.2 Å². The molecule has 182 valence electrons. The molecule has 1 saturated heterocycles. The van der Waals surface area contributed by atoms with Gasteiger partial charge < -0.3 is 18.9 Å². The smallest absolute Gasteiger partial charge is 0.256 e. The van der Waals surface area contributed by atoms with Crippen molar-refractivity contribution in [3.8, 4) is 5.75 Å². The highest BCUT2D eigenvalue weighted by Gasteiger charge is 2.36. The van der Waals surface area contributed by atoms with E-state index < -0.39 is 0 Å². The van der Waals surface area contributed by atoms with Gasteiger partial charge in [-0.1, -0.05) is 31.4 Å². The zero-order valence-corrected chi connectivity index (χ0v) is 21.0. The number of benzene rings is 1. The zero-order valence-electron chi connectivity index (χ0n) is 20.2. The molecule has 2 fully saturated rings. The fraction of sp³-hybridized carbons (Fsp3) is 0.654. The third-order valence-corrected chi connectivity index (χ3v) is 7.95. The van der Waals surface area contributed by atoms with E-state index in [0.29, 0.717) is 30.7 Å². The highest BCUT2D eigenvalue weighted by Crippen LogP contribution is 2.42. The zero-order chi connectivity index (χ0) is 22.2. The fourth-order valence-electron chi connectivity index (χ4n) is 6.30. The highest BCUT2D eigenvalue weighted by atomic mass is 35.5. The molecule has 2 unspecified atom stereocenters. The number of para-hydroxylation sites is 1. The van der Waals surface area contributed by atoms with Crippen LogP contribution < -0.4 is 4.74 Å². The number of nitrogens with zero attached hydrogens (tertiary/aromatic N) is 3. The number of carbonyl (C=O) groups is 1. The first-order chi connectivity index (χ1) is 15.6. The molecule has 33 heavy (non-hydrogen) atoms. The fourth-order valence-corrected chi connectivity index (χ4v) is 6.30. The number of amides is 1. The Labute approximate surface area is 203 Å². The molecule has 3 heterocycles. The van der Waals surface area contributed by atoms with E-state index in [1.54, 1.807) is 7.11 Å². The summed E-state index contributed by atoms with van der Waals surface area (Å²) in [6.45, 7) is 8.28. The van der Waals surface area contributed by atoms with Crippen molar-refractivity contribution in [2.24, 2.45) is 5.92 Å². The van der Waals surface area contributed by atoms with Gasteiger partial charge in [-0.25, -0.2) is 0 Å².